The number of amides is 1. The molecule has 0 spiro atoms. The lowest BCUT2D eigenvalue weighted by atomic mass is 10.0. The number of rotatable bonds is 2. The number of likely N-dealkylation sites (tertiary alicyclic amines) is 1. The molecule has 2 unspecified atom stereocenters. The van der Waals surface area contributed by atoms with Crippen molar-refractivity contribution in [2.24, 2.45) is 5.92 Å². The predicted molar refractivity (Wildman–Crippen MR) is 82.9 cm³/mol. The number of furan rings is 1. The molecule has 2 heterocycles. The first-order valence-corrected chi connectivity index (χ1v) is 7.51. The summed E-state index contributed by atoms with van der Waals surface area (Å²) < 4.78 is 5.85. The summed E-state index contributed by atoms with van der Waals surface area (Å²) in [7, 11) is 0. The van der Waals surface area contributed by atoms with Crippen LogP contribution < -0.4 is 0 Å². The van der Waals surface area contributed by atoms with E-state index in [2.05, 4.69) is 0 Å². The number of aliphatic hydroxyl groups excluding tert-OH is 2. The van der Waals surface area contributed by atoms with Gasteiger partial charge in [-0.25, -0.2) is 0 Å². The Kier molecular flexibility index (Phi) is 3.70. The topological polar surface area (TPSA) is 73.9 Å². The zero-order valence-corrected chi connectivity index (χ0v) is 13.1. The second kappa shape index (κ2) is 5.41. The SMILES string of the molecule is Cc1ccc(C)c2c(C)c(C(=O)N3CC(O)C(CO)C3)oc12. The van der Waals surface area contributed by atoms with Crippen LogP contribution >= 0.6 is 0 Å². The van der Waals surface area contributed by atoms with E-state index in [0.717, 1.165) is 27.7 Å². The van der Waals surface area contributed by atoms with E-state index in [4.69, 9.17) is 4.42 Å². The lowest BCUT2D eigenvalue weighted by Crippen LogP contribution is -2.29. The molecule has 1 saturated heterocycles. The highest BCUT2D eigenvalue weighted by molar-refractivity contribution is 6.00. The lowest BCUT2D eigenvalue weighted by Gasteiger charge is -2.14. The van der Waals surface area contributed by atoms with Crippen LogP contribution in [0.1, 0.15) is 27.2 Å². The Morgan fingerprint density at radius 3 is 2.55 bits per heavy atom. The molecule has 0 aliphatic carbocycles. The van der Waals surface area contributed by atoms with Gasteiger partial charge in [0.25, 0.3) is 5.91 Å². The Balaban J connectivity index is 2.01. The molecule has 22 heavy (non-hydrogen) atoms. The number of aliphatic hydroxyl groups is 2. The molecular formula is C17H21NO4. The lowest BCUT2D eigenvalue weighted by molar-refractivity contribution is 0.0734. The van der Waals surface area contributed by atoms with E-state index in [1.165, 1.54) is 0 Å². The maximum atomic E-state index is 12.7. The smallest absolute Gasteiger partial charge is 0.289 e. The molecular weight excluding hydrogens is 282 g/mol. The quantitative estimate of drug-likeness (QED) is 0.887. The van der Waals surface area contributed by atoms with Gasteiger partial charge >= 0.3 is 0 Å². The summed E-state index contributed by atoms with van der Waals surface area (Å²) in [6.45, 7) is 6.31. The van der Waals surface area contributed by atoms with E-state index in [9.17, 15) is 15.0 Å². The minimum Gasteiger partial charge on any atom is -0.450 e. The Hall–Kier alpha value is -1.85. The average Bonchev–Trinajstić information content (AvgIpc) is 3.04. The molecule has 1 aliphatic rings. The Labute approximate surface area is 129 Å². The number of carbonyl (C=O) groups is 1. The van der Waals surface area contributed by atoms with E-state index in [1.54, 1.807) is 4.90 Å². The van der Waals surface area contributed by atoms with Crippen molar-refractivity contribution in [3.63, 3.8) is 0 Å². The molecule has 2 aromatic rings. The molecule has 1 aliphatic heterocycles. The van der Waals surface area contributed by atoms with Crippen LogP contribution in [0.3, 0.4) is 0 Å². The molecule has 0 radical (unpaired) electrons. The molecule has 1 fully saturated rings. The number of hydrogen-bond acceptors (Lipinski definition) is 4. The highest BCUT2D eigenvalue weighted by atomic mass is 16.3. The van der Waals surface area contributed by atoms with Crippen LogP contribution in [0.2, 0.25) is 0 Å². The van der Waals surface area contributed by atoms with Crippen molar-refractivity contribution in [2.75, 3.05) is 19.7 Å². The fraction of sp³-hybridized carbons (Fsp3) is 0.471. The fourth-order valence-corrected chi connectivity index (χ4v) is 3.22. The summed E-state index contributed by atoms with van der Waals surface area (Å²) in [5.74, 6) is -0.169. The second-order valence-corrected chi connectivity index (χ2v) is 6.18. The highest BCUT2D eigenvalue weighted by Gasteiger charge is 2.35. The van der Waals surface area contributed by atoms with Gasteiger partial charge < -0.3 is 19.5 Å². The minimum absolute atomic E-state index is 0.123. The number of carbonyl (C=O) groups excluding carboxylic acids is 1. The Bertz CT molecular complexity index is 734. The first-order valence-electron chi connectivity index (χ1n) is 7.51. The standard InChI is InChI=1S/C17H21NO4/c1-9-4-5-10(2)15-14(9)11(3)16(22-15)17(21)18-6-12(8-19)13(20)7-18/h4-5,12-13,19-20H,6-8H2,1-3H3. The summed E-state index contributed by atoms with van der Waals surface area (Å²) in [5.41, 5.74) is 3.66. The van der Waals surface area contributed by atoms with Gasteiger partial charge in [0.2, 0.25) is 0 Å². The van der Waals surface area contributed by atoms with Crippen molar-refractivity contribution in [3.05, 3.63) is 34.6 Å². The van der Waals surface area contributed by atoms with Crippen LogP contribution in [-0.2, 0) is 0 Å². The van der Waals surface area contributed by atoms with Gasteiger partial charge in [0, 0.05) is 30.0 Å². The van der Waals surface area contributed by atoms with Gasteiger partial charge in [0.05, 0.1) is 12.7 Å². The van der Waals surface area contributed by atoms with Gasteiger partial charge in [-0.3, -0.25) is 4.79 Å². The molecule has 1 amide bonds. The first-order chi connectivity index (χ1) is 10.4. The van der Waals surface area contributed by atoms with Gasteiger partial charge in [-0.2, -0.15) is 0 Å². The molecule has 2 atom stereocenters. The summed E-state index contributed by atoms with van der Waals surface area (Å²) >= 11 is 0. The van der Waals surface area contributed by atoms with Gasteiger partial charge in [-0.05, 0) is 31.9 Å². The van der Waals surface area contributed by atoms with Crippen molar-refractivity contribution in [2.45, 2.75) is 26.9 Å². The van der Waals surface area contributed by atoms with Crippen molar-refractivity contribution in [1.29, 1.82) is 0 Å². The van der Waals surface area contributed by atoms with Crippen LogP contribution in [-0.4, -0.2) is 46.8 Å². The number of benzene rings is 1. The Morgan fingerprint density at radius 1 is 1.27 bits per heavy atom. The third kappa shape index (κ3) is 2.21. The summed E-state index contributed by atoms with van der Waals surface area (Å²) in [5, 5.41) is 20.1. The van der Waals surface area contributed by atoms with Gasteiger partial charge in [0.1, 0.15) is 5.58 Å². The first kappa shape index (κ1) is 15.1. The number of nitrogens with zero attached hydrogens (tertiary/aromatic N) is 1. The molecule has 0 saturated carbocycles. The zero-order valence-electron chi connectivity index (χ0n) is 13.1. The zero-order chi connectivity index (χ0) is 16.0. The minimum atomic E-state index is -0.679. The van der Waals surface area contributed by atoms with Crippen molar-refractivity contribution in [3.8, 4) is 0 Å². The van der Waals surface area contributed by atoms with Crippen LogP contribution in [0.5, 0.6) is 0 Å². The van der Waals surface area contributed by atoms with E-state index >= 15 is 0 Å². The van der Waals surface area contributed by atoms with E-state index in [-0.39, 0.29) is 25.0 Å². The molecule has 118 valence electrons. The maximum Gasteiger partial charge on any atom is 0.289 e. The molecule has 2 N–H and O–H groups in total. The van der Waals surface area contributed by atoms with Crippen LogP contribution in [0.15, 0.2) is 16.5 Å². The molecule has 1 aromatic carbocycles. The summed E-state index contributed by atoms with van der Waals surface area (Å²) in [4.78, 5) is 14.3. The van der Waals surface area contributed by atoms with Gasteiger partial charge in [0.15, 0.2) is 5.76 Å². The molecule has 1 aromatic heterocycles. The van der Waals surface area contributed by atoms with Crippen LogP contribution in [0, 0.1) is 26.7 Å². The monoisotopic (exact) mass is 303 g/mol. The normalized spacial score (nSPS) is 21.8. The average molecular weight is 303 g/mol. The second-order valence-electron chi connectivity index (χ2n) is 6.18. The molecule has 5 heteroatoms. The Morgan fingerprint density at radius 2 is 1.95 bits per heavy atom. The molecule has 0 bridgehead atoms. The fourth-order valence-electron chi connectivity index (χ4n) is 3.22. The van der Waals surface area contributed by atoms with Gasteiger partial charge in [-0.1, -0.05) is 12.1 Å². The van der Waals surface area contributed by atoms with Crippen LogP contribution in [0.25, 0.3) is 11.0 Å². The summed E-state index contributed by atoms with van der Waals surface area (Å²) in [6, 6.07) is 4.01. The van der Waals surface area contributed by atoms with Crippen molar-refractivity contribution < 1.29 is 19.4 Å². The van der Waals surface area contributed by atoms with Crippen molar-refractivity contribution in [1.82, 2.24) is 4.90 Å². The molecule has 3 rings (SSSR count). The van der Waals surface area contributed by atoms with Crippen molar-refractivity contribution >= 4 is 16.9 Å². The number of β-amino-alcohol motifs (C(OH)–C–C–N with tert-alkyl or cyclic N) is 1. The third-order valence-electron chi connectivity index (χ3n) is 4.61. The molecule has 5 nitrogen and oxygen atoms in total. The largest absolute Gasteiger partial charge is 0.450 e. The summed E-state index contributed by atoms with van der Waals surface area (Å²) in [6.07, 6.45) is -0.679. The third-order valence-corrected chi connectivity index (χ3v) is 4.61. The van der Waals surface area contributed by atoms with E-state index in [0.29, 0.717) is 12.3 Å². The predicted octanol–water partition coefficient (Wildman–Crippen LogP) is 1.78. The highest BCUT2D eigenvalue weighted by Crippen LogP contribution is 2.32. The number of aryl methyl sites for hydroxylation is 3. The van der Waals surface area contributed by atoms with E-state index in [1.807, 2.05) is 32.9 Å². The van der Waals surface area contributed by atoms with E-state index < -0.39 is 6.10 Å². The van der Waals surface area contributed by atoms with Crippen LogP contribution in [0.4, 0.5) is 0 Å². The number of hydrogen-bond donors (Lipinski definition) is 2. The maximum absolute atomic E-state index is 12.7. The van der Waals surface area contributed by atoms with Gasteiger partial charge in [-0.15, -0.1) is 0 Å². The number of fused-ring (bicyclic) bond motifs is 1.